The minimum atomic E-state index is -0.751. The number of piperazine rings is 1. The van der Waals surface area contributed by atoms with Crippen molar-refractivity contribution in [3.8, 4) is 0 Å². The van der Waals surface area contributed by atoms with E-state index in [4.69, 9.17) is 0 Å². The van der Waals surface area contributed by atoms with Crippen LogP contribution in [0.25, 0.3) is 0 Å². The van der Waals surface area contributed by atoms with Crippen molar-refractivity contribution in [3.63, 3.8) is 0 Å². The van der Waals surface area contributed by atoms with Crippen LogP contribution in [0, 0.1) is 0 Å². The molecule has 5 heteroatoms. The number of hydrogen-bond acceptors (Lipinski definition) is 4. The molecule has 0 unspecified atom stereocenters. The first-order chi connectivity index (χ1) is 7.29. The van der Waals surface area contributed by atoms with Crippen LogP contribution in [0.1, 0.15) is 10.9 Å². The number of rotatable bonds is 3. The summed E-state index contributed by atoms with van der Waals surface area (Å²) >= 11 is 1.51. The quantitative estimate of drug-likeness (QED) is 0.799. The van der Waals surface area contributed by atoms with Gasteiger partial charge in [-0.2, -0.15) is 0 Å². The first-order valence-electron chi connectivity index (χ1n) is 5.00. The van der Waals surface area contributed by atoms with Crippen LogP contribution in [0.2, 0.25) is 0 Å². The summed E-state index contributed by atoms with van der Waals surface area (Å²) in [6, 6.07) is 3.33. The van der Waals surface area contributed by atoms with E-state index in [9.17, 15) is 9.90 Å². The predicted molar refractivity (Wildman–Crippen MR) is 59.1 cm³/mol. The maximum absolute atomic E-state index is 11.2. The smallest absolute Gasteiger partial charge is 0.326 e. The van der Waals surface area contributed by atoms with Gasteiger partial charge in [-0.1, -0.05) is 6.07 Å². The van der Waals surface area contributed by atoms with Gasteiger partial charge in [-0.15, -0.1) is 11.3 Å². The van der Waals surface area contributed by atoms with E-state index >= 15 is 0 Å². The number of carbonyl (C=O) groups is 1. The highest BCUT2D eigenvalue weighted by molar-refractivity contribution is 7.10. The second-order valence-corrected chi connectivity index (χ2v) is 4.52. The van der Waals surface area contributed by atoms with Crippen LogP contribution >= 0.6 is 11.3 Å². The summed E-state index contributed by atoms with van der Waals surface area (Å²) in [5, 5.41) is 14.4. The van der Waals surface area contributed by atoms with Gasteiger partial charge in [-0.25, -0.2) is 0 Å². The van der Waals surface area contributed by atoms with E-state index in [1.165, 1.54) is 11.3 Å². The molecule has 1 atom stereocenters. The topological polar surface area (TPSA) is 52.6 Å². The Morgan fingerprint density at radius 1 is 1.53 bits per heavy atom. The van der Waals surface area contributed by atoms with Crippen molar-refractivity contribution in [2.75, 3.05) is 26.2 Å². The van der Waals surface area contributed by atoms with Crippen LogP contribution < -0.4 is 5.32 Å². The van der Waals surface area contributed by atoms with Crippen LogP contribution in [-0.4, -0.2) is 42.2 Å². The van der Waals surface area contributed by atoms with E-state index < -0.39 is 12.0 Å². The Morgan fingerprint density at radius 3 is 2.80 bits per heavy atom. The second-order valence-electron chi connectivity index (χ2n) is 3.54. The molecular weight excluding hydrogens is 212 g/mol. The van der Waals surface area contributed by atoms with Gasteiger partial charge in [-0.3, -0.25) is 9.69 Å². The molecule has 0 aromatic carbocycles. The molecule has 15 heavy (non-hydrogen) atoms. The summed E-state index contributed by atoms with van der Waals surface area (Å²) in [6.07, 6.45) is 0. The van der Waals surface area contributed by atoms with Gasteiger partial charge in [0.1, 0.15) is 6.04 Å². The number of nitrogens with zero attached hydrogens (tertiary/aromatic N) is 1. The lowest BCUT2D eigenvalue weighted by atomic mass is 10.2. The fourth-order valence-electron chi connectivity index (χ4n) is 1.85. The number of thiophene rings is 1. The monoisotopic (exact) mass is 226 g/mol. The molecule has 1 fully saturated rings. The second kappa shape index (κ2) is 4.74. The first kappa shape index (κ1) is 10.6. The molecule has 0 bridgehead atoms. The molecule has 1 saturated heterocycles. The van der Waals surface area contributed by atoms with Gasteiger partial charge in [0.05, 0.1) is 0 Å². The maximum atomic E-state index is 11.2. The van der Waals surface area contributed by atoms with Gasteiger partial charge < -0.3 is 10.4 Å². The molecule has 1 aliphatic heterocycles. The van der Waals surface area contributed by atoms with Crippen molar-refractivity contribution < 1.29 is 9.90 Å². The molecule has 1 aromatic rings. The molecule has 2 N–H and O–H groups in total. The Kier molecular flexibility index (Phi) is 3.35. The van der Waals surface area contributed by atoms with E-state index in [1.54, 1.807) is 0 Å². The highest BCUT2D eigenvalue weighted by Gasteiger charge is 2.28. The van der Waals surface area contributed by atoms with Crippen LogP contribution in [0.5, 0.6) is 0 Å². The molecular formula is C10H14N2O2S. The van der Waals surface area contributed by atoms with Gasteiger partial charge in [0.25, 0.3) is 0 Å². The van der Waals surface area contributed by atoms with Crippen LogP contribution in [0.4, 0.5) is 0 Å². The maximum Gasteiger partial charge on any atom is 0.326 e. The van der Waals surface area contributed by atoms with Gasteiger partial charge in [0.2, 0.25) is 0 Å². The average molecular weight is 226 g/mol. The number of carboxylic acid groups (broad SMARTS) is 1. The SMILES string of the molecule is O=C(O)[C@H](c1cccs1)N1CCNCC1. The summed E-state index contributed by atoms with van der Waals surface area (Å²) in [4.78, 5) is 14.2. The van der Waals surface area contributed by atoms with Gasteiger partial charge in [-0.05, 0) is 11.4 Å². The third kappa shape index (κ3) is 2.37. The highest BCUT2D eigenvalue weighted by atomic mass is 32.1. The van der Waals surface area contributed by atoms with Crippen molar-refractivity contribution in [1.82, 2.24) is 10.2 Å². The standard InChI is InChI=1S/C10H14N2O2S/c13-10(14)9(8-2-1-7-15-8)12-5-3-11-4-6-12/h1-2,7,9,11H,3-6H2,(H,13,14)/t9-/m0/s1. The number of carboxylic acids is 1. The zero-order valence-electron chi connectivity index (χ0n) is 8.35. The molecule has 4 nitrogen and oxygen atoms in total. The molecule has 1 aliphatic rings. The van der Waals surface area contributed by atoms with Gasteiger partial charge >= 0.3 is 5.97 Å². The van der Waals surface area contributed by atoms with Crippen molar-refractivity contribution in [2.45, 2.75) is 6.04 Å². The average Bonchev–Trinajstić information content (AvgIpc) is 2.72. The first-order valence-corrected chi connectivity index (χ1v) is 5.88. The molecule has 0 amide bonds. The van der Waals surface area contributed by atoms with E-state index in [0.29, 0.717) is 0 Å². The van der Waals surface area contributed by atoms with E-state index in [1.807, 2.05) is 22.4 Å². The van der Waals surface area contributed by atoms with Gasteiger partial charge in [0.15, 0.2) is 0 Å². The van der Waals surface area contributed by atoms with E-state index in [0.717, 1.165) is 31.1 Å². The Morgan fingerprint density at radius 2 is 2.27 bits per heavy atom. The lowest BCUT2D eigenvalue weighted by Crippen LogP contribution is -2.46. The Balaban J connectivity index is 2.15. The molecule has 0 spiro atoms. The summed E-state index contributed by atoms with van der Waals surface area (Å²) in [7, 11) is 0. The highest BCUT2D eigenvalue weighted by Crippen LogP contribution is 2.25. The number of hydrogen-bond donors (Lipinski definition) is 2. The lowest BCUT2D eigenvalue weighted by molar-refractivity contribution is -0.143. The fraction of sp³-hybridized carbons (Fsp3) is 0.500. The largest absolute Gasteiger partial charge is 0.480 e. The Labute approximate surface area is 92.5 Å². The van der Waals surface area contributed by atoms with Crippen LogP contribution in [0.3, 0.4) is 0 Å². The van der Waals surface area contributed by atoms with Crippen LogP contribution in [0.15, 0.2) is 17.5 Å². The third-order valence-electron chi connectivity index (χ3n) is 2.56. The number of nitrogens with one attached hydrogen (secondary N) is 1. The normalized spacial score (nSPS) is 20.0. The molecule has 82 valence electrons. The Hall–Kier alpha value is -0.910. The van der Waals surface area contributed by atoms with Gasteiger partial charge in [0, 0.05) is 31.1 Å². The van der Waals surface area contributed by atoms with E-state index in [2.05, 4.69) is 5.32 Å². The predicted octanol–water partition coefficient (Wildman–Crippen LogP) is 0.779. The summed E-state index contributed by atoms with van der Waals surface area (Å²) < 4.78 is 0. The number of aliphatic carboxylic acids is 1. The lowest BCUT2D eigenvalue weighted by Gasteiger charge is -2.31. The van der Waals surface area contributed by atoms with Crippen molar-refractivity contribution >= 4 is 17.3 Å². The molecule has 0 radical (unpaired) electrons. The zero-order chi connectivity index (χ0) is 10.7. The summed E-state index contributed by atoms with van der Waals surface area (Å²) in [5.41, 5.74) is 0. The van der Waals surface area contributed by atoms with E-state index in [-0.39, 0.29) is 0 Å². The molecule has 1 aromatic heterocycles. The Bertz CT molecular complexity index is 320. The van der Waals surface area contributed by atoms with Crippen LogP contribution in [-0.2, 0) is 4.79 Å². The fourth-order valence-corrected chi connectivity index (χ4v) is 2.70. The summed E-state index contributed by atoms with van der Waals surface area (Å²) in [5.74, 6) is -0.751. The molecule has 2 rings (SSSR count). The van der Waals surface area contributed by atoms with Crippen molar-refractivity contribution in [1.29, 1.82) is 0 Å². The minimum absolute atomic E-state index is 0.466. The molecule has 2 heterocycles. The molecule has 0 aliphatic carbocycles. The zero-order valence-corrected chi connectivity index (χ0v) is 9.17. The summed E-state index contributed by atoms with van der Waals surface area (Å²) in [6.45, 7) is 3.34. The third-order valence-corrected chi connectivity index (χ3v) is 3.49. The minimum Gasteiger partial charge on any atom is -0.480 e. The molecule has 0 saturated carbocycles. The van der Waals surface area contributed by atoms with Crippen molar-refractivity contribution in [2.24, 2.45) is 0 Å². The van der Waals surface area contributed by atoms with Crippen molar-refractivity contribution in [3.05, 3.63) is 22.4 Å².